The van der Waals surface area contributed by atoms with Gasteiger partial charge in [0.05, 0.1) is 10.6 Å². The molecule has 0 aliphatic rings. The molecular formula is C13H17NOS2. The highest BCUT2D eigenvalue weighted by Crippen LogP contribution is 2.19. The highest BCUT2D eigenvalue weighted by atomic mass is 32.1. The van der Waals surface area contributed by atoms with Crippen LogP contribution in [-0.2, 0) is 4.79 Å². The van der Waals surface area contributed by atoms with Gasteiger partial charge < -0.3 is 4.98 Å². The molecule has 1 rings (SSSR count). The van der Waals surface area contributed by atoms with Crippen molar-refractivity contribution in [2.75, 3.05) is 0 Å². The molecule has 1 aromatic rings. The number of rotatable bonds is 4. The van der Waals surface area contributed by atoms with Crippen LogP contribution in [0.1, 0.15) is 31.3 Å². The molecular weight excluding hydrogens is 250 g/mol. The summed E-state index contributed by atoms with van der Waals surface area (Å²) >= 11 is 6.45. The molecule has 92 valence electrons. The SMILES string of the molecule is C=C/C(=C\c1[nH]c(=S)sc1C=C)C(C)=O.CC. The quantitative estimate of drug-likeness (QED) is 0.490. The van der Waals surface area contributed by atoms with Gasteiger partial charge in [-0.2, -0.15) is 0 Å². The van der Waals surface area contributed by atoms with Gasteiger partial charge in [-0.05, 0) is 31.3 Å². The Balaban J connectivity index is 0.00000121. The highest BCUT2D eigenvalue weighted by Gasteiger charge is 2.04. The molecule has 2 nitrogen and oxygen atoms in total. The maximum Gasteiger partial charge on any atom is 0.159 e. The number of Topliss-reactive ketones (excluding diaryl/α,β-unsaturated/α-hetero) is 1. The van der Waals surface area contributed by atoms with Gasteiger partial charge in [0.1, 0.15) is 0 Å². The molecule has 0 amide bonds. The van der Waals surface area contributed by atoms with Crippen LogP contribution in [0.3, 0.4) is 0 Å². The minimum Gasteiger partial charge on any atom is -0.337 e. The molecule has 0 aromatic carbocycles. The van der Waals surface area contributed by atoms with Crippen molar-refractivity contribution in [3.05, 3.63) is 39.3 Å². The van der Waals surface area contributed by atoms with E-state index in [1.807, 2.05) is 13.8 Å². The number of ketones is 1. The largest absolute Gasteiger partial charge is 0.337 e. The van der Waals surface area contributed by atoms with Crippen molar-refractivity contribution >= 4 is 41.5 Å². The lowest BCUT2D eigenvalue weighted by Gasteiger charge is -1.95. The monoisotopic (exact) mass is 267 g/mol. The summed E-state index contributed by atoms with van der Waals surface area (Å²) in [5, 5.41) is 0. The average molecular weight is 267 g/mol. The van der Waals surface area contributed by atoms with Gasteiger partial charge in [-0.1, -0.05) is 33.1 Å². The minimum absolute atomic E-state index is 0.0227. The van der Waals surface area contributed by atoms with Gasteiger partial charge in [0.25, 0.3) is 0 Å². The maximum atomic E-state index is 11.2. The first kappa shape index (κ1) is 15.7. The predicted octanol–water partition coefficient (Wildman–Crippen LogP) is 4.63. The number of carbonyl (C=O) groups excluding carboxylic acids is 1. The summed E-state index contributed by atoms with van der Waals surface area (Å²) in [7, 11) is 0. The molecule has 4 heteroatoms. The normalized spacial score (nSPS) is 10.2. The van der Waals surface area contributed by atoms with E-state index < -0.39 is 0 Å². The molecule has 0 atom stereocenters. The van der Waals surface area contributed by atoms with Crippen molar-refractivity contribution in [2.24, 2.45) is 0 Å². The first-order valence-electron chi connectivity index (χ1n) is 5.29. The van der Waals surface area contributed by atoms with E-state index in [4.69, 9.17) is 12.2 Å². The first-order valence-corrected chi connectivity index (χ1v) is 6.51. The second kappa shape index (κ2) is 7.92. The standard InChI is InChI=1S/C11H11NOS2.C2H6/c1-4-8(7(3)13)6-9-10(5-2)15-11(14)12-9;1-2/h4-6H,1-2H2,3H3,(H,12,14);1-2H3/b8-6+;. The van der Waals surface area contributed by atoms with Crippen molar-refractivity contribution in [1.82, 2.24) is 4.98 Å². The molecule has 0 saturated carbocycles. The molecule has 0 aliphatic carbocycles. The van der Waals surface area contributed by atoms with Crippen LogP contribution in [0.4, 0.5) is 0 Å². The summed E-state index contributed by atoms with van der Waals surface area (Å²) in [6.45, 7) is 12.8. The molecule has 0 aliphatic heterocycles. The molecule has 0 unspecified atom stereocenters. The number of hydrogen-bond donors (Lipinski definition) is 1. The number of nitrogens with one attached hydrogen (secondary N) is 1. The summed E-state index contributed by atoms with van der Waals surface area (Å²) in [5.74, 6) is -0.0227. The van der Waals surface area contributed by atoms with Crippen LogP contribution in [0.5, 0.6) is 0 Å². The van der Waals surface area contributed by atoms with Crippen molar-refractivity contribution in [3.8, 4) is 0 Å². The smallest absolute Gasteiger partial charge is 0.159 e. The number of carbonyl (C=O) groups is 1. The zero-order valence-electron chi connectivity index (χ0n) is 10.4. The molecule has 1 aromatic heterocycles. The fourth-order valence-corrected chi connectivity index (χ4v) is 2.11. The van der Waals surface area contributed by atoms with E-state index in [1.165, 1.54) is 24.3 Å². The second-order valence-electron chi connectivity index (χ2n) is 2.86. The number of aromatic amines is 1. The van der Waals surface area contributed by atoms with Gasteiger partial charge in [-0.15, -0.1) is 11.3 Å². The molecule has 1 N–H and O–H groups in total. The van der Waals surface area contributed by atoms with Gasteiger partial charge in [0, 0.05) is 5.57 Å². The minimum atomic E-state index is -0.0227. The Labute approximate surface area is 111 Å². The molecule has 0 bridgehead atoms. The molecule has 17 heavy (non-hydrogen) atoms. The Kier molecular flexibility index (Phi) is 7.34. The average Bonchev–Trinajstić information content (AvgIpc) is 2.68. The van der Waals surface area contributed by atoms with E-state index in [2.05, 4.69) is 18.1 Å². The van der Waals surface area contributed by atoms with Crippen LogP contribution < -0.4 is 0 Å². The van der Waals surface area contributed by atoms with E-state index in [0.29, 0.717) is 9.53 Å². The zero-order valence-corrected chi connectivity index (χ0v) is 12.0. The van der Waals surface area contributed by atoms with Crippen molar-refractivity contribution in [2.45, 2.75) is 20.8 Å². The van der Waals surface area contributed by atoms with Crippen LogP contribution >= 0.6 is 23.6 Å². The molecule has 0 fully saturated rings. The van der Waals surface area contributed by atoms with Crippen LogP contribution in [0.2, 0.25) is 0 Å². The van der Waals surface area contributed by atoms with E-state index in [9.17, 15) is 4.79 Å². The summed E-state index contributed by atoms with van der Waals surface area (Å²) in [6, 6.07) is 0. The number of allylic oxidation sites excluding steroid dienone is 2. The van der Waals surface area contributed by atoms with E-state index >= 15 is 0 Å². The van der Waals surface area contributed by atoms with E-state index in [0.717, 1.165) is 10.6 Å². The van der Waals surface area contributed by atoms with Gasteiger partial charge in [-0.3, -0.25) is 4.79 Å². The Morgan fingerprint density at radius 3 is 2.41 bits per heavy atom. The van der Waals surface area contributed by atoms with Gasteiger partial charge in [-0.25, -0.2) is 0 Å². The van der Waals surface area contributed by atoms with E-state index in [1.54, 1.807) is 12.2 Å². The summed E-state index contributed by atoms with van der Waals surface area (Å²) in [5.41, 5.74) is 1.37. The fourth-order valence-electron chi connectivity index (χ4n) is 1.07. The van der Waals surface area contributed by atoms with Gasteiger partial charge >= 0.3 is 0 Å². The van der Waals surface area contributed by atoms with Crippen LogP contribution in [0, 0.1) is 3.95 Å². The lowest BCUT2D eigenvalue weighted by atomic mass is 10.1. The topological polar surface area (TPSA) is 32.9 Å². The van der Waals surface area contributed by atoms with Gasteiger partial charge in [0.15, 0.2) is 9.74 Å². The lowest BCUT2D eigenvalue weighted by molar-refractivity contribution is -0.113. The number of thiazole rings is 1. The van der Waals surface area contributed by atoms with Crippen molar-refractivity contribution in [1.29, 1.82) is 0 Å². The third kappa shape index (κ3) is 4.63. The number of H-pyrrole nitrogens is 1. The second-order valence-corrected chi connectivity index (χ2v) is 4.58. The maximum absolute atomic E-state index is 11.2. The highest BCUT2D eigenvalue weighted by molar-refractivity contribution is 7.73. The van der Waals surface area contributed by atoms with Crippen LogP contribution in [0.15, 0.2) is 24.8 Å². The molecule has 1 heterocycles. The van der Waals surface area contributed by atoms with Crippen molar-refractivity contribution in [3.63, 3.8) is 0 Å². The summed E-state index contributed by atoms with van der Waals surface area (Å²) < 4.78 is 0.670. The fraction of sp³-hybridized carbons (Fsp3) is 0.231. The summed E-state index contributed by atoms with van der Waals surface area (Å²) in [6.07, 6.45) is 4.98. The molecule has 0 spiro atoms. The molecule has 0 radical (unpaired) electrons. The zero-order chi connectivity index (χ0) is 13.4. The van der Waals surface area contributed by atoms with Crippen LogP contribution in [0.25, 0.3) is 12.2 Å². The third-order valence-electron chi connectivity index (χ3n) is 1.82. The Morgan fingerprint density at radius 2 is 2.00 bits per heavy atom. The Morgan fingerprint density at radius 1 is 1.41 bits per heavy atom. The van der Waals surface area contributed by atoms with Crippen molar-refractivity contribution < 1.29 is 4.79 Å². The van der Waals surface area contributed by atoms with Gasteiger partial charge in [0.2, 0.25) is 0 Å². The Hall–Kier alpha value is -1.26. The Bertz CT molecular complexity index is 492. The third-order valence-corrected chi connectivity index (χ3v) is 3.06. The first-order chi connectivity index (χ1) is 8.08. The molecule has 0 saturated heterocycles. The number of hydrogen-bond acceptors (Lipinski definition) is 3. The van der Waals surface area contributed by atoms with E-state index in [-0.39, 0.29) is 5.78 Å². The van der Waals surface area contributed by atoms with Crippen LogP contribution in [-0.4, -0.2) is 10.8 Å². The number of aromatic nitrogens is 1. The lowest BCUT2D eigenvalue weighted by Crippen LogP contribution is -1.92. The summed E-state index contributed by atoms with van der Waals surface area (Å²) in [4.78, 5) is 15.1. The predicted molar refractivity (Wildman–Crippen MR) is 79.8 cm³/mol.